The minimum absolute atomic E-state index is 0.0550. The average molecular weight is 443 g/mol. The number of benzene rings is 1. The first-order valence-electron chi connectivity index (χ1n) is 11.3. The number of hydrogen-bond donors (Lipinski definition) is 0. The van der Waals surface area contributed by atoms with Crippen molar-refractivity contribution in [2.75, 3.05) is 0 Å². The van der Waals surface area contributed by atoms with Gasteiger partial charge in [0.05, 0.1) is 10.6 Å². The maximum absolute atomic E-state index is 13.3. The van der Waals surface area contributed by atoms with Gasteiger partial charge in [-0.05, 0) is 67.6 Å². The average Bonchev–Trinajstić information content (AvgIpc) is 2.84. The van der Waals surface area contributed by atoms with Gasteiger partial charge in [0.25, 0.3) is 11.2 Å². The molecule has 0 saturated carbocycles. The molecule has 0 aliphatic carbocycles. The molecule has 0 atom stereocenters. The Kier molecular flexibility index (Phi) is 7.19. The molecule has 0 N–H and O–H groups in total. The molecule has 0 fully saturated rings. The van der Waals surface area contributed by atoms with Crippen LogP contribution in [0, 0.1) is 10.1 Å². The van der Waals surface area contributed by atoms with E-state index in [0.717, 1.165) is 43.9 Å². The summed E-state index contributed by atoms with van der Waals surface area (Å²) in [6.07, 6.45) is 12.4. The molecule has 7 nitrogen and oxygen atoms in total. The third-order valence-corrected chi connectivity index (χ3v) is 5.80. The fraction of sp³-hybridized carbons (Fsp3) is 0.269. The van der Waals surface area contributed by atoms with Crippen molar-refractivity contribution < 1.29 is 4.92 Å². The van der Waals surface area contributed by atoms with Crippen LogP contribution in [-0.4, -0.2) is 19.5 Å². The molecule has 4 rings (SSSR count). The quantitative estimate of drug-likeness (QED) is 0.186. The first kappa shape index (κ1) is 22.3. The van der Waals surface area contributed by atoms with Crippen LogP contribution < -0.4 is 5.56 Å². The lowest BCUT2D eigenvalue weighted by Gasteiger charge is -2.12. The van der Waals surface area contributed by atoms with Gasteiger partial charge in [-0.2, -0.15) is 0 Å². The number of hydrogen-bond acceptors (Lipinski definition) is 5. The lowest BCUT2D eigenvalue weighted by Crippen LogP contribution is -2.23. The molecule has 0 amide bonds. The first-order valence-corrected chi connectivity index (χ1v) is 11.3. The number of nitro benzene ring substituents is 1. The fourth-order valence-corrected chi connectivity index (χ4v) is 4.09. The number of unbranched alkanes of at least 4 members (excludes halogenated alkanes) is 4. The van der Waals surface area contributed by atoms with Crippen LogP contribution in [0.15, 0.2) is 78.0 Å². The van der Waals surface area contributed by atoms with E-state index in [1.807, 2.05) is 30.6 Å². The molecular formula is C26H26N4O3. The fourth-order valence-electron chi connectivity index (χ4n) is 4.09. The maximum Gasteiger partial charge on any atom is 0.271 e. The molecule has 0 aliphatic rings. The van der Waals surface area contributed by atoms with Gasteiger partial charge in [-0.3, -0.25) is 24.5 Å². The molecule has 0 bridgehead atoms. The van der Waals surface area contributed by atoms with E-state index in [4.69, 9.17) is 0 Å². The second-order valence-electron chi connectivity index (χ2n) is 8.13. The Bertz CT molecular complexity index is 1300. The number of pyridine rings is 3. The number of nitro groups is 1. The predicted octanol–water partition coefficient (Wildman–Crippen LogP) is 5.42. The van der Waals surface area contributed by atoms with E-state index in [0.29, 0.717) is 23.3 Å². The normalized spacial score (nSPS) is 11.0. The van der Waals surface area contributed by atoms with E-state index < -0.39 is 4.92 Å². The largest absolute Gasteiger partial charge is 0.271 e. The highest BCUT2D eigenvalue weighted by molar-refractivity contribution is 5.77. The third kappa shape index (κ3) is 5.49. The zero-order valence-corrected chi connectivity index (χ0v) is 18.4. The second-order valence-corrected chi connectivity index (χ2v) is 8.13. The second kappa shape index (κ2) is 10.6. The highest BCUT2D eigenvalue weighted by Crippen LogP contribution is 2.21. The minimum Gasteiger partial charge on any atom is -0.269 e. The summed E-state index contributed by atoms with van der Waals surface area (Å²) < 4.78 is 1.49. The van der Waals surface area contributed by atoms with Crippen molar-refractivity contribution in [3.05, 3.63) is 105 Å². The van der Waals surface area contributed by atoms with E-state index in [9.17, 15) is 14.9 Å². The predicted molar refractivity (Wildman–Crippen MR) is 129 cm³/mol. The summed E-state index contributed by atoms with van der Waals surface area (Å²) in [5.41, 5.74) is 2.76. The molecule has 0 unspecified atom stereocenters. The van der Waals surface area contributed by atoms with Crippen LogP contribution >= 0.6 is 0 Å². The van der Waals surface area contributed by atoms with Crippen molar-refractivity contribution in [2.24, 2.45) is 0 Å². The molecule has 3 heterocycles. The monoisotopic (exact) mass is 442 g/mol. The van der Waals surface area contributed by atoms with E-state index in [1.54, 1.807) is 18.3 Å². The summed E-state index contributed by atoms with van der Waals surface area (Å²) in [6.45, 7) is 0. The topological polar surface area (TPSA) is 90.9 Å². The van der Waals surface area contributed by atoms with Crippen molar-refractivity contribution in [1.82, 2.24) is 14.5 Å². The van der Waals surface area contributed by atoms with Gasteiger partial charge in [-0.1, -0.05) is 25.3 Å². The van der Waals surface area contributed by atoms with Gasteiger partial charge >= 0.3 is 0 Å². The molecule has 0 spiro atoms. The molecular weight excluding hydrogens is 416 g/mol. The van der Waals surface area contributed by atoms with Crippen molar-refractivity contribution in [1.29, 1.82) is 0 Å². The summed E-state index contributed by atoms with van der Waals surface area (Å²) in [6, 6.07) is 15.9. The summed E-state index contributed by atoms with van der Waals surface area (Å²) in [5.74, 6) is 0. The van der Waals surface area contributed by atoms with Gasteiger partial charge in [-0.25, -0.2) is 4.98 Å². The summed E-state index contributed by atoms with van der Waals surface area (Å²) >= 11 is 0. The Morgan fingerprint density at radius 2 is 1.61 bits per heavy atom. The van der Waals surface area contributed by atoms with Crippen LogP contribution in [0.4, 0.5) is 5.69 Å². The van der Waals surface area contributed by atoms with E-state index in [-0.39, 0.29) is 11.2 Å². The van der Waals surface area contributed by atoms with Gasteiger partial charge in [0.15, 0.2) is 0 Å². The molecule has 0 radical (unpaired) electrons. The molecule has 0 saturated heterocycles. The minimum atomic E-state index is -0.456. The Hall–Kier alpha value is -3.87. The van der Waals surface area contributed by atoms with Crippen molar-refractivity contribution >= 4 is 16.7 Å². The molecule has 1 aromatic carbocycles. The third-order valence-electron chi connectivity index (χ3n) is 5.80. The van der Waals surface area contributed by atoms with Crippen molar-refractivity contribution in [2.45, 2.75) is 44.9 Å². The van der Waals surface area contributed by atoms with E-state index in [2.05, 4.69) is 22.1 Å². The van der Waals surface area contributed by atoms with Crippen LogP contribution in [0.1, 0.15) is 43.2 Å². The Labute approximate surface area is 191 Å². The number of nitrogens with zero attached hydrogens (tertiary/aromatic N) is 4. The molecule has 4 aromatic rings. The number of fused-ring (bicyclic) bond motifs is 1. The molecule has 33 heavy (non-hydrogen) atoms. The van der Waals surface area contributed by atoms with Gasteiger partial charge in [0.2, 0.25) is 0 Å². The summed E-state index contributed by atoms with van der Waals surface area (Å²) in [4.78, 5) is 32.5. The number of aromatic nitrogens is 3. The lowest BCUT2D eigenvalue weighted by atomic mass is 10.0. The van der Waals surface area contributed by atoms with E-state index in [1.165, 1.54) is 22.3 Å². The van der Waals surface area contributed by atoms with Gasteiger partial charge < -0.3 is 0 Å². The number of rotatable bonds is 10. The van der Waals surface area contributed by atoms with Crippen LogP contribution in [0.3, 0.4) is 0 Å². The molecule has 3 aromatic heterocycles. The standard InChI is InChI=1S/C26H26N4O3/c31-26-22(9-5-3-1-2-4-8-20-13-16-27-17-14-20)18-21-10-7-15-28-25(21)29(26)23-11-6-12-24(19-23)30(32)33/h6-7,10-19H,1-5,8-9H2. The molecule has 7 heteroatoms. The Balaban J connectivity index is 1.45. The highest BCUT2D eigenvalue weighted by atomic mass is 16.6. The Morgan fingerprint density at radius 3 is 2.39 bits per heavy atom. The summed E-state index contributed by atoms with van der Waals surface area (Å²) in [7, 11) is 0. The Morgan fingerprint density at radius 1 is 0.848 bits per heavy atom. The first-order chi connectivity index (χ1) is 16.1. The number of aryl methyl sites for hydroxylation is 2. The number of non-ortho nitro benzene ring substituents is 1. The van der Waals surface area contributed by atoms with Gasteiger partial charge in [0, 0.05) is 41.7 Å². The van der Waals surface area contributed by atoms with Crippen LogP contribution in [-0.2, 0) is 12.8 Å². The zero-order chi connectivity index (χ0) is 23.0. The highest BCUT2D eigenvalue weighted by Gasteiger charge is 2.14. The molecule has 168 valence electrons. The lowest BCUT2D eigenvalue weighted by molar-refractivity contribution is -0.384. The zero-order valence-electron chi connectivity index (χ0n) is 18.4. The van der Waals surface area contributed by atoms with Crippen LogP contribution in [0.5, 0.6) is 0 Å². The van der Waals surface area contributed by atoms with Crippen LogP contribution in [0.25, 0.3) is 16.7 Å². The maximum atomic E-state index is 13.3. The van der Waals surface area contributed by atoms with Crippen LogP contribution in [0.2, 0.25) is 0 Å². The van der Waals surface area contributed by atoms with Gasteiger partial charge in [-0.15, -0.1) is 0 Å². The SMILES string of the molecule is O=c1c(CCCCCCCc2ccncc2)cc2cccnc2n1-c1cccc([N+](=O)[O-])c1. The smallest absolute Gasteiger partial charge is 0.269 e. The van der Waals surface area contributed by atoms with Crippen molar-refractivity contribution in [3.8, 4) is 5.69 Å². The van der Waals surface area contributed by atoms with Gasteiger partial charge in [0.1, 0.15) is 5.65 Å². The van der Waals surface area contributed by atoms with Crippen molar-refractivity contribution in [3.63, 3.8) is 0 Å². The molecule has 0 aliphatic heterocycles. The van der Waals surface area contributed by atoms with E-state index >= 15 is 0 Å². The summed E-state index contributed by atoms with van der Waals surface area (Å²) in [5, 5.41) is 12.1.